The molecule has 2 nitrogen and oxygen atoms in total. The zero-order valence-electron chi connectivity index (χ0n) is 6.54. The number of aryl methyl sites for hydroxylation is 1. The highest BCUT2D eigenvalue weighted by Gasteiger charge is 1.97. The predicted octanol–water partition coefficient (Wildman–Crippen LogP) is 0.889. The molecule has 2 heteroatoms. The highest BCUT2D eigenvalue weighted by atomic mass is 15.1. The van der Waals surface area contributed by atoms with Gasteiger partial charge in [-0.25, -0.2) is 9.13 Å². The molecule has 0 bridgehead atoms. The van der Waals surface area contributed by atoms with Crippen molar-refractivity contribution < 1.29 is 4.57 Å². The van der Waals surface area contributed by atoms with Crippen LogP contribution >= 0.6 is 0 Å². The summed E-state index contributed by atoms with van der Waals surface area (Å²) in [5.41, 5.74) is 1.18. The molecule has 0 spiro atoms. The fourth-order valence-electron chi connectivity index (χ4n) is 0.907. The van der Waals surface area contributed by atoms with Gasteiger partial charge in [-0.05, 0) is 12.5 Å². The van der Waals surface area contributed by atoms with Crippen molar-refractivity contribution in [1.82, 2.24) is 4.57 Å². The Morgan fingerprint density at radius 1 is 1.70 bits per heavy atom. The van der Waals surface area contributed by atoms with Gasteiger partial charge in [-0.3, -0.25) is 0 Å². The van der Waals surface area contributed by atoms with Crippen molar-refractivity contribution in [3.63, 3.8) is 0 Å². The largest absolute Gasteiger partial charge is 0.243 e. The van der Waals surface area contributed by atoms with E-state index in [1.807, 2.05) is 37.3 Å². The maximum Gasteiger partial charge on any atom is 0.243 e. The van der Waals surface area contributed by atoms with E-state index < -0.39 is 0 Å². The molecule has 0 saturated heterocycles. The summed E-state index contributed by atoms with van der Waals surface area (Å²) >= 11 is 0. The molecule has 0 radical (unpaired) electrons. The molecular formula is C8H13N2+. The van der Waals surface area contributed by atoms with E-state index >= 15 is 0 Å². The minimum absolute atomic E-state index is 0.918. The van der Waals surface area contributed by atoms with Crippen LogP contribution in [0.25, 0.3) is 0 Å². The zero-order valence-corrected chi connectivity index (χ0v) is 6.54. The summed E-state index contributed by atoms with van der Waals surface area (Å²) < 4.78 is 4.12. The quantitative estimate of drug-likeness (QED) is 0.423. The van der Waals surface area contributed by atoms with E-state index in [2.05, 4.69) is 11.1 Å². The van der Waals surface area contributed by atoms with E-state index in [0.717, 1.165) is 6.54 Å². The maximum atomic E-state index is 3.83. The smallest absolute Gasteiger partial charge is 0.240 e. The first-order valence-electron chi connectivity index (χ1n) is 3.34. The van der Waals surface area contributed by atoms with Crippen molar-refractivity contribution in [2.45, 2.75) is 13.5 Å². The van der Waals surface area contributed by atoms with E-state index in [4.69, 9.17) is 0 Å². The van der Waals surface area contributed by atoms with Crippen LogP contribution in [0.1, 0.15) is 6.92 Å². The molecule has 0 fully saturated rings. The van der Waals surface area contributed by atoms with Gasteiger partial charge in [0.25, 0.3) is 0 Å². The van der Waals surface area contributed by atoms with Crippen molar-refractivity contribution in [2.24, 2.45) is 7.05 Å². The van der Waals surface area contributed by atoms with Crippen molar-refractivity contribution >= 4 is 0 Å². The molecule has 0 aliphatic rings. The molecule has 0 aliphatic heterocycles. The van der Waals surface area contributed by atoms with Crippen LogP contribution in [0.2, 0.25) is 0 Å². The van der Waals surface area contributed by atoms with Crippen LogP contribution < -0.4 is 4.57 Å². The van der Waals surface area contributed by atoms with Crippen LogP contribution in [0.4, 0.5) is 0 Å². The van der Waals surface area contributed by atoms with Crippen LogP contribution in [0.5, 0.6) is 0 Å². The molecule has 0 saturated carbocycles. The topological polar surface area (TPSA) is 8.81 Å². The Balaban J connectivity index is 2.67. The first-order valence-corrected chi connectivity index (χ1v) is 3.34. The zero-order chi connectivity index (χ0) is 7.56. The third-order valence-electron chi connectivity index (χ3n) is 1.28. The molecule has 10 heavy (non-hydrogen) atoms. The number of allylic oxidation sites excluding steroid dienone is 1. The van der Waals surface area contributed by atoms with Gasteiger partial charge in [-0.2, -0.15) is 0 Å². The van der Waals surface area contributed by atoms with Gasteiger partial charge >= 0.3 is 0 Å². The van der Waals surface area contributed by atoms with Crippen molar-refractivity contribution in [1.29, 1.82) is 0 Å². The van der Waals surface area contributed by atoms with Gasteiger partial charge in [-0.1, -0.05) is 6.58 Å². The molecule has 0 N–H and O–H groups in total. The number of imidazole rings is 1. The fourth-order valence-corrected chi connectivity index (χ4v) is 0.907. The lowest BCUT2D eigenvalue weighted by molar-refractivity contribution is -0.671. The van der Waals surface area contributed by atoms with Crippen molar-refractivity contribution in [3.8, 4) is 0 Å². The fraction of sp³-hybridized carbons (Fsp3) is 0.375. The summed E-state index contributed by atoms with van der Waals surface area (Å²) in [6, 6.07) is 0. The van der Waals surface area contributed by atoms with Gasteiger partial charge < -0.3 is 0 Å². The van der Waals surface area contributed by atoms with Crippen molar-refractivity contribution in [3.05, 3.63) is 30.9 Å². The van der Waals surface area contributed by atoms with E-state index in [1.165, 1.54) is 5.57 Å². The SMILES string of the molecule is C=C(C)Cn1cc[n+](C)c1. The van der Waals surface area contributed by atoms with Crippen LogP contribution in [0.15, 0.2) is 30.9 Å². The molecule has 1 heterocycles. The molecule has 54 valence electrons. The first-order chi connectivity index (χ1) is 4.68. The van der Waals surface area contributed by atoms with E-state index in [1.54, 1.807) is 0 Å². The summed E-state index contributed by atoms with van der Waals surface area (Å²) in [4.78, 5) is 0. The van der Waals surface area contributed by atoms with E-state index in [9.17, 15) is 0 Å². The maximum absolute atomic E-state index is 3.83. The van der Waals surface area contributed by atoms with Crippen LogP contribution in [-0.2, 0) is 13.6 Å². The lowest BCUT2D eigenvalue weighted by Crippen LogP contribution is -2.23. The highest BCUT2D eigenvalue weighted by Crippen LogP contribution is 1.92. The van der Waals surface area contributed by atoms with E-state index in [-0.39, 0.29) is 0 Å². The summed E-state index contributed by atoms with van der Waals surface area (Å²) in [5, 5.41) is 0. The Kier molecular flexibility index (Phi) is 1.90. The van der Waals surface area contributed by atoms with Crippen LogP contribution in [0, 0.1) is 0 Å². The van der Waals surface area contributed by atoms with Gasteiger partial charge in [0.15, 0.2) is 0 Å². The number of hydrogen-bond donors (Lipinski definition) is 0. The Morgan fingerprint density at radius 2 is 2.40 bits per heavy atom. The minimum atomic E-state index is 0.918. The number of rotatable bonds is 2. The Hall–Kier alpha value is -1.05. The average molecular weight is 137 g/mol. The molecule has 0 atom stereocenters. The van der Waals surface area contributed by atoms with Crippen molar-refractivity contribution in [2.75, 3.05) is 0 Å². The molecule has 0 aromatic carbocycles. The Bertz CT molecular complexity index is 235. The van der Waals surface area contributed by atoms with Gasteiger partial charge in [0.2, 0.25) is 6.33 Å². The van der Waals surface area contributed by atoms with Gasteiger partial charge in [-0.15, -0.1) is 0 Å². The molecule has 1 aromatic heterocycles. The normalized spacial score (nSPS) is 9.80. The summed E-state index contributed by atoms with van der Waals surface area (Å²) in [7, 11) is 2.01. The van der Waals surface area contributed by atoms with Gasteiger partial charge in [0.05, 0.1) is 7.05 Å². The molecular weight excluding hydrogens is 124 g/mol. The standard InChI is InChI=1S/C8H13N2/c1-8(2)6-10-5-4-9(3)7-10/h4-5,7H,1,6H2,2-3H3/q+1. The van der Waals surface area contributed by atoms with Gasteiger partial charge in [0, 0.05) is 0 Å². The second kappa shape index (κ2) is 2.69. The summed E-state index contributed by atoms with van der Waals surface area (Å²) in [6.07, 6.45) is 6.09. The number of hydrogen-bond acceptors (Lipinski definition) is 0. The number of aromatic nitrogens is 2. The lowest BCUT2D eigenvalue weighted by Gasteiger charge is -1.91. The lowest BCUT2D eigenvalue weighted by atomic mass is 10.3. The van der Waals surface area contributed by atoms with Gasteiger partial charge in [0.1, 0.15) is 18.9 Å². The predicted molar refractivity (Wildman–Crippen MR) is 40.4 cm³/mol. The highest BCUT2D eigenvalue weighted by molar-refractivity contribution is 4.89. The summed E-state index contributed by atoms with van der Waals surface area (Å²) in [6.45, 7) is 6.77. The minimum Gasteiger partial charge on any atom is -0.240 e. The van der Waals surface area contributed by atoms with Crippen LogP contribution in [0.3, 0.4) is 0 Å². The average Bonchev–Trinajstić information content (AvgIpc) is 2.13. The second-order valence-electron chi connectivity index (χ2n) is 2.71. The molecule has 0 unspecified atom stereocenters. The third-order valence-corrected chi connectivity index (χ3v) is 1.28. The second-order valence-corrected chi connectivity index (χ2v) is 2.71. The number of nitrogens with zero attached hydrogens (tertiary/aromatic N) is 2. The molecule has 0 amide bonds. The molecule has 1 rings (SSSR count). The van der Waals surface area contributed by atoms with E-state index in [0.29, 0.717) is 0 Å². The Morgan fingerprint density at radius 3 is 2.80 bits per heavy atom. The molecule has 0 aliphatic carbocycles. The Labute approximate surface area is 61.4 Å². The third kappa shape index (κ3) is 1.72. The first kappa shape index (κ1) is 7.06. The monoisotopic (exact) mass is 137 g/mol. The van der Waals surface area contributed by atoms with Crippen LogP contribution in [-0.4, -0.2) is 4.57 Å². The molecule has 1 aromatic rings. The summed E-state index contributed by atoms with van der Waals surface area (Å²) in [5.74, 6) is 0.